The molecule has 6 heteroatoms. The number of ether oxygens (including phenoxy) is 1. The molecule has 2 rings (SSSR count). The molecule has 0 atom stereocenters. The van der Waals surface area contributed by atoms with Crippen LogP contribution in [-0.4, -0.2) is 29.3 Å². The van der Waals surface area contributed by atoms with E-state index in [1.165, 1.54) is 16.2 Å². The largest absolute Gasteiger partial charge is 0.447 e. The minimum Gasteiger partial charge on any atom is -0.447 e. The Morgan fingerprint density at radius 3 is 3.15 bits per heavy atom. The summed E-state index contributed by atoms with van der Waals surface area (Å²) in [5.41, 5.74) is 0.583. The number of thiazole rings is 1. The predicted molar refractivity (Wildman–Crippen MR) is 46.7 cm³/mol. The number of hydrogen-bond donors (Lipinski definition) is 1. The van der Waals surface area contributed by atoms with Gasteiger partial charge in [0.15, 0.2) is 5.13 Å². The van der Waals surface area contributed by atoms with E-state index in [0.29, 0.717) is 24.0 Å². The van der Waals surface area contributed by atoms with Crippen molar-refractivity contribution in [3.63, 3.8) is 0 Å². The van der Waals surface area contributed by atoms with E-state index in [-0.39, 0.29) is 12.7 Å². The van der Waals surface area contributed by atoms with Gasteiger partial charge in [-0.3, -0.25) is 0 Å². The predicted octanol–water partition coefficient (Wildman–Crippen LogP) is 0.592. The number of rotatable bonds is 2. The number of hydrogen-bond acceptors (Lipinski definition) is 5. The Balaban J connectivity index is 2.19. The van der Waals surface area contributed by atoms with Crippen molar-refractivity contribution in [2.24, 2.45) is 0 Å². The lowest BCUT2D eigenvalue weighted by Crippen LogP contribution is -2.23. The first kappa shape index (κ1) is 8.46. The summed E-state index contributed by atoms with van der Waals surface area (Å²) in [6.45, 7) is 0.851. The van der Waals surface area contributed by atoms with Crippen LogP contribution < -0.4 is 4.90 Å². The molecule has 1 aromatic rings. The van der Waals surface area contributed by atoms with Crippen molar-refractivity contribution in [1.82, 2.24) is 4.98 Å². The molecule has 70 valence electrons. The molecule has 0 spiro atoms. The van der Waals surface area contributed by atoms with Gasteiger partial charge in [0.2, 0.25) is 0 Å². The first-order valence-electron chi connectivity index (χ1n) is 3.81. The zero-order chi connectivity index (χ0) is 9.26. The Morgan fingerprint density at radius 1 is 1.77 bits per heavy atom. The highest BCUT2D eigenvalue weighted by atomic mass is 32.1. The molecule has 5 nitrogen and oxygen atoms in total. The number of nitrogens with zero attached hydrogens (tertiary/aromatic N) is 2. The number of amides is 1. The normalized spacial score (nSPS) is 16.4. The molecule has 1 saturated heterocycles. The van der Waals surface area contributed by atoms with E-state index in [4.69, 9.17) is 9.84 Å². The first-order chi connectivity index (χ1) is 6.31. The zero-order valence-electron chi connectivity index (χ0n) is 6.77. The molecular formula is C7H8N2O3S. The van der Waals surface area contributed by atoms with Crippen LogP contribution in [-0.2, 0) is 11.3 Å². The van der Waals surface area contributed by atoms with E-state index in [1.807, 2.05) is 0 Å². The van der Waals surface area contributed by atoms with E-state index in [0.717, 1.165) is 0 Å². The molecular weight excluding hydrogens is 192 g/mol. The number of aliphatic hydroxyl groups excluding tert-OH is 1. The number of cyclic esters (lactones) is 1. The first-order valence-corrected chi connectivity index (χ1v) is 4.69. The number of anilines is 1. The van der Waals surface area contributed by atoms with Crippen molar-refractivity contribution in [3.05, 3.63) is 11.1 Å². The molecule has 0 unspecified atom stereocenters. The number of aliphatic hydroxyl groups is 1. The van der Waals surface area contributed by atoms with Crippen molar-refractivity contribution < 1.29 is 14.6 Å². The third-order valence-electron chi connectivity index (χ3n) is 1.69. The molecule has 0 saturated carbocycles. The summed E-state index contributed by atoms with van der Waals surface area (Å²) >= 11 is 1.33. The van der Waals surface area contributed by atoms with Gasteiger partial charge in [-0.05, 0) is 0 Å². The molecule has 0 aliphatic carbocycles. The molecule has 1 fully saturated rings. The standard InChI is InChI=1S/C7H8N2O3S/c10-3-5-4-13-6(8-5)9-1-2-12-7(9)11/h4,10H,1-3H2. The highest BCUT2D eigenvalue weighted by Gasteiger charge is 2.25. The average molecular weight is 200 g/mol. The Morgan fingerprint density at radius 2 is 2.62 bits per heavy atom. The summed E-state index contributed by atoms with van der Waals surface area (Å²) in [7, 11) is 0. The second kappa shape index (κ2) is 3.31. The van der Waals surface area contributed by atoms with Crippen LogP contribution in [0.3, 0.4) is 0 Å². The number of aromatic nitrogens is 1. The van der Waals surface area contributed by atoms with E-state index < -0.39 is 0 Å². The molecule has 2 heterocycles. The lowest BCUT2D eigenvalue weighted by molar-refractivity contribution is 0.181. The van der Waals surface area contributed by atoms with Gasteiger partial charge in [-0.2, -0.15) is 0 Å². The average Bonchev–Trinajstić information content (AvgIpc) is 2.71. The molecule has 0 bridgehead atoms. The monoisotopic (exact) mass is 200 g/mol. The highest BCUT2D eigenvalue weighted by molar-refractivity contribution is 7.14. The zero-order valence-corrected chi connectivity index (χ0v) is 7.58. The molecule has 1 aliphatic heterocycles. The topological polar surface area (TPSA) is 62.7 Å². The van der Waals surface area contributed by atoms with Crippen LogP contribution in [0.25, 0.3) is 0 Å². The molecule has 0 aromatic carbocycles. The minimum absolute atomic E-state index is 0.0978. The van der Waals surface area contributed by atoms with E-state index in [2.05, 4.69) is 4.98 Å². The van der Waals surface area contributed by atoms with Gasteiger partial charge in [0, 0.05) is 5.38 Å². The molecule has 1 aliphatic rings. The highest BCUT2D eigenvalue weighted by Crippen LogP contribution is 2.23. The minimum atomic E-state index is -0.362. The summed E-state index contributed by atoms with van der Waals surface area (Å²) in [4.78, 5) is 16.6. The third-order valence-corrected chi connectivity index (χ3v) is 2.61. The maximum absolute atomic E-state index is 11.1. The van der Waals surface area contributed by atoms with E-state index >= 15 is 0 Å². The SMILES string of the molecule is O=C1OCCN1c1nc(CO)cs1. The fourth-order valence-corrected chi connectivity index (χ4v) is 1.89. The van der Waals surface area contributed by atoms with Gasteiger partial charge in [0.05, 0.1) is 18.8 Å². The van der Waals surface area contributed by atoms with Crippen molar-refractivity contribution in [3.8, 4) is 0 Å². The second-order valence-electron chi connectivity index (χ2n) is 2.55. The summed E-state index contributed by atoms with van der Waals surface area (Å²) in [5.74, 6) is 0. The van der Waals surface area contributed by atoms with Gasteiger partial charge in [-0.25, -0.2) is 14.7 Å². The van der Waals surface area contributed by atoms with Crippen LogP contribution in [0.1, 0.15) is 5.69 Å². The quantitative estimate of drug-likeness (QED) is 0.759. The van der Waals surface area contributed by atoms with Crippen LogP contribution in [0.2, 0.25) is 0 Å². The fourth-order valence-electron chi connectivity index (χ4n) is 1.06. The summed E-state index contributed by atoms with van der Waals surface area (Å²) in [6.07, 6.45) is -0.362. The van der Waals surface area contributed by atoms with Gasteiger partial charge in [-0.1, -0.05) is 0 Å². The molecule has 1 aromatic heterocycles. The van der Waals surface area contributed by atoms with Crippen LogP contribution in [0.4, 0.5) is 9.93 Å². The van der Waals surface area contributed by atoms with E-state index in [9.17, 15) is 4.79 Å². The van der Waals surface area contributed by atoms with Crippen molar-refractivity contribution in [1.29, 1.82) is 0 Å². The van der Waals surface area contributed by atoms with Crippen LogP contribution in [0, 0.1) is 0 Å². The molecule has 13 heavy (non-hydrogen) atoms. The van der Waals surface area contributed by atoms with Crippen molar-refractivity contribution in [2.45, 2.75) is 6.61 Å². The van der Waals surface area contributed by atoms with Crippen LogP contribution >= 0.6 is 11.3 Å². The van der Waals surface area contributed by atoms with Gasteiger partial charge in [0.25, 0.3) is 0 Å². The lowest BCUT2D eigenvalue weighted by atomic mass is 10.5. The van der Waals surface area contributed by atoms with Crippen molar-refractivity contribution >= 4 is 22.6 Å². The van der Waals surface area contributed by atoms with Crippen LogP contribution in [0.5, 0.6) is 0 Å². The molecule has 0 radical (unpaired) electrons. The fraction of sp³-hybridized carbons (Fsp3) is 0.429. The Bertz CT molecular complexity index is 325. The smallest absolute Gasteiger partial charge is 0.416 e. The third kappa shape index (κ3) is 1.50. The van der Waals surface area contributed by atoms with Gasteiger partial charge in [-0.15, -0.1) is 11.3 Å². The second-order valence-corrected chi connectivity index (χ2v) is 3.38. The van der Waals surface area contributed by atoms with Gasteiger partial charge < -0.3 is 9.84 Å². The Hall–Kier alpha value is -1.14. The number of carbonyl (C=O) groups excluding carboxylic acids is 1. The Kier molecular flexibility index (Phi) is 2.15. The summed E-state index contributed by atoms with van der Waals surface area (Å²) < 4.78 is 4.75. The Labute approximate surface area is 78.6 Å². The van der Waals surface area contributed by atoms with Gasteiger partial charge in [0.1, 0.15) is 6.61 Å². The molecule has 1 N–H and O–H groups in total. The summed E-state index contributed by atoms with van der Waals surface area (Å²) in [6, 6.07) is 0. The summed E-state index contributed by atoms with van der Waals surface area (Å²) in [5, 5.41) is 11.1. The number of carbonyl (C=O) groups is 1. The maximum Gasteiger partial charge on any atom is 0.416 e. The van der Waals surface area contributed by atoms with Crippen LogP contribution in [0.15, 0.2) is 5.38 Å². The molecule has 1 amide bonds. The van der Waals surface area contributed by atoms with E-state index in [1.54, 1.807) is 5.38 Å². The van der Waals surface area contributed by atoms with Crippen molar-refractivity contribution in [2.75, 3.05) is 18.1 Å². The lowest BCUT2D eigenvalue weighted by Gasteiger charge is -2.06. The maximum atomic E-state index is 11.1. The van der Waals surface area contributed by atoms with Gasteiger partial charge >= 0.3 is 6.09 Å².